The van der Waals surface area contributed by atoms with Crippen LogP contribution >= 0.6 is 11.6 Å². The predicted molar refractivity (Wildman–Crippen MR) is 267 cm³/mol. The highest BCUT2D eigenvalue weighted by Crippen LogP contribution is 2.38. The molecular formula is C56H52BClN2O2. The summed E-state index contributed by atoms with van der Waals surface area (Å²) in [5.74, 6) is 0. The van der Waals surface area contributed by atoms with Gasteiger partial charge in [0, 0.05) is 37.9 Å². The van der Waals surface area contributed by atoms with Crippen LogP contribution in [0.4, 0.5) is 0 Å². The summed E-state index contributed by atoms with van der Waals surface area (Å²) in [6.45, 7) is 8.34. The molecule has 0 N–H and O–H groups in total. The molecule has 0 spiro atoms. The van der Waals surface area contributed by atoms with Crippen LogP contribution in [-0.2, 0) is 9.31 Å². The molecule has 62 heavy (non-hydrogen) atoms. The van der Waals surface area contributed by atoms with Crippen molar-refractivity contribution in [3.63, 3.8) is 0 Å². The molecule has 1 fully saturated rings. The first-order valence-corrected chi connectivity index (χ1v) is 20.9. The quantitative estimate of drug-likeness (QED) is 0.162. The van der Waals surface area contributed by atoms with E-state index in [1.807, 2.05) is 12.1 Å². The standard InChI is InChI=1S/C30H28BNO2.C24H16ClN.2CH4/c1-29(2)30(3,4)34-31(33-29)23-18-16-21(17-19-23)22-10-9-11-24(20-22)32-27-14-7-5-12-25(27)26-13-6-8-15-28(26)32;25-19-14-12-17(13-15-19)18-6-5-7-20(16-18)26-23-10-3-1-8-21(23)22-9-2-4-11-24(22)26;;/h5-20H,1-4H3;1-16H;2*1H4. The van der Waals surface area contributed by atoms with Crippen molar-refractivity contribution < 1.29 is 9.31 Å². The van der Waals surface area contributed by atoms with E-state index in [9.17, 15) is 0 Å². The van der Waals surface area contributed by atoms with Crippen LogP contribution in [0.5, 0.6) is 0 Å². The highest BCUT2D eigenvalue weighted by Gasteiger charge is 2.51. The molecule has 8 aromatic carbocycles. The third-order valence-electron chi connectivity index (χ3n) is 12.3. The Morgan fingerprint density at radius 2 is 0.726 bits per heavy atom. The minimum atomic E-state index is -0.344. The molecule has 4 nitrogen and oxygen atoms in total. The number of para-hydroxylation sites is 4. The Bertz CT molecular complexity index is 3060. The molecule has 0 amide bonds. The van der Waals surface area contributed by atoms with Crippen molar-refractivity contribution in [3.8, 4) is 33.6 Å². The first-order chi connectivity index (χ1) is 29.1. The van der Waals surface area contributed by atoms with E-state index < -0.39 is 0 Å². The van der Waals surface area contributed by atoms with E-state index in [0.717, 1.165) is 27.4 Å². The Hall–Kier alpha value is -6.37. The summed E-state index contributed by atoms with van der Waals surface area (Å²) in [6.07, 6.45) is 0. The lowest BCUT2D eigenvalue weighted by Crippen LogP contribution is -2.41. The Kier molecular flexibility index (Phi) is 11.5. The van der Waals surface area contributed by atoms with Gasteiger partial charge in [0.05, 0.1) is 33.3 Å². The van der Waals surface area contributed by atoms with Crippen LogP contribution in [0, 0.1) is 0 Å². The highest BCUT2D eigenvalue weighted by atomic mass is 35.5. The SMILES string of the molecule is C.C.CC1(C)OB(c2ccc(-c3cccc(-n4c5ccccc5c5ccccc54)c3)cc2)OC1(C)C.Clc1ccc(-c2cccc(-n3c4ccccc4c4ccccc43)c2)cc1. The predicted octanol–water partition coefficient (Wildman–Crippen LogP) is 15.1. The molecule has 1 saturated heterocycles. The molecule has 3 heterocycles. The summed E-state index contributed by atoms with van der Waals surface area (Å²) in [6, 6.07) is 68.3. The molecule has 1 aliphatic rings. The number of nitrogens with zero attached hydrogens (tertiary/aromatic N) is 2. The molecule has 0 unspecified atom stereocenters. The second-order valence-electron chi connectivity index (χ2n) is 16.6. The van der Waals surface area contributed by atoms with Gasteiger partial charge in [0.25, 0.3) is 0 Å². The molecule has 11 rings (SSSR count). The van der Waals surface area contributed by atoms with E-state index in [1.54, 1.807) is 0 Å². The molecular weight excluding hydrogens is 779 g/mol. The van der Waals surface area contributed by atoms with Gasteiger partial charge in [-0.1, -0.05) is 160 Å². The number of fused-ring (bicyclic) bond motifs is 6. The monoisotopic (exact) mass is 830 g/mol. The Morgan fingerprint density at radius 3 is 1.10 bits per heavy atom. The van der Waals surface area contributed by atoms with E-state index in [2.05, 4.69) is 219 Å². The van der Waals surface area contributed by atoms with E-state index in [4.69, 9.17) is 20.9 Å². The van der Waals surface area contributed by atoms with Gasteiger partial charge in [0.2, 0.25) is 0 Å². The zero-order chi connectivity index (χ0) is 41.0. The van der Waals surface area contributed by atoms with Crippen molar-refractivity contribution in [1.82, 2.24) is 9.13 Å². The van der Waals surface area contributed by atoms with Crippen molar-refractivity contribution in [2.45, 2.75) is 53.8 Å². The summed E-state index contributed by atoms with van der Waals surface area (Å²) < 4.78 is 17.1. The second-order valence-corrected chi connectivity index (χ2v) is 17.0. The average molecular weight is 831 g/mol. The van der Waals surface area contributed by atoms with E-state index in [0.29, 0.717) is 0 Å². The number of aromatic nitrogens is 2. The van der Waals surface area contributed by atoms with Gasteiger partial charge >= 0.3 is 7.12 Å². The van der Waals surface area contributed by atoms with E-state index in [1.165, 1.54) is 60.3 Å². The summed E-state index contributed by atoms with van der Waals surface area (Å²) in [5, 5.41) is 5.86. The minimum absolute atomic E-state index is 0. The van der Waals surface area contributed by atoms with Crippen molar-refractivity contribution in [3.05, 3.63) is 199 Å². The van der Waals surface area contributed by atoms with Crippen molar-refractivity contribution in [1.29, 1.82) is 0 Å². The number of hydrogen-bond acceptors (Lipinski definition) is 2. The van der Waals surface area contributed by atoms with E-state index >= 15 is 0 Å². The fraction of sp³-hybridized carbons (Fsp3) is 0.143. The Labute approximate surface area is 371 Å². The molecule has 10 aromatic rings. The Balaban J connectivity index is 0.000000171. The van der Waals surface area contributed by atoms with Gasteiger partial charge in [-0.25, -0.2) is 0 Å². The molecule has 308 valence electrons. The molecule has 0 radical (unpaired) electrons. The maximum absolute atomic E-state index is 6.22. The maximum Gasteiger partial charge on any atom is 0.494 e. The topological polar surface area (TPSA) is 28.3 Å². The lowest BCUT2D eigenvalue weighted by atomic mass is 9.78. The van der Waals surface area contributed by atoms with Gasteiger partial charge in [0.1, 0.15) is 0 Å². The van der Waals surface area contributed by atoms with Crippen LogP contribution < -0.4 is 5.46 Å². The Morgan fingerprint density at radius 1 is 0.387 bits per heavy atom. The van der Waals surface area contributed by atoms with Crippen LogP contribution in [0.25, 0.3) is 77.2 Å². The maximum atomic E-state index is 6.22. The molecule has 0 aliphatic carbocycles. The van der Waals surface area contributed by atoms with Gasteiger partial charge in [-0.2, -0.15) is 0 Å². The van der Waals surface area contributed by atoms with E-state index in [-0.39, 0.29) is 33.2 Å². The van der Waals surface area contributed by atoms with Crippen LogP contribution in [0.1, 0.15) is 42.5 Å². The fourth-order valence-electron chi connectivity index (χ4n) is 8.50. The molecule has 2 aromatic heterocycles. The molecule has 6 heteroatoms. The molecule has 0 saturated carbocycles. The third kappa shape index (κ3) is 7.51. The normalized spacial score (nSPS) is 14.0. The number of hydrogen-bond donors (Lipinski definition) is 0. The first kappa shape index (κ1) is 42.3. The van der Waals surface area contributed by atoms with Gasteiger partial charge < -0.3 is 18.4 Å². The van der Waals surface area contributed by atoms with Crippen LogP contribution in [0.2, 0.25) is 5.02 Å². The van der Waals surface area contributed by atoms with Crippen molar-refractivity contribution in [2.24, 2.45) is 0 Å². The summed E-state index contributed by atoms with van der Waals surface area (Å²) in [5.41, 5.74) is 12.3. The summed E-state index contributed by atoms with van der Waals surface area (Å²) >= 11 is 6.04. The smallest absolute Gasteiger partial charge is 0.399 e. The van der Waals surface area contributed by atoms with Gasteiger partial charge in [-0.15, -0.1) is 0 Å². The highest BCUT2D eigenvalue weighted by molar-refractivity contribution is 6.62. The summed E-state index contributed by atoms with van der Waals surface area (Å²) in [7, 11) is -0.344. The lowest BCUT2D eigenvalue weighted by Gasteiger charge is -2.32. The van der Waals surface area contributed by atoms with Gasteiger partial charge in [-0.05, 0) is 116 Å². The average Bonchev–Trinajstić information content (AvgIpc) is 3.87. The third-order valence-corrected chi connectivity index (χ3v) is 12.6. The number of halogens is 1. The minimum Gasteiger partial charge on any atom is -0.399 e. The van der Waals surface area contributed by atoms with Crippen LogP contribution in [-0.4, -0.2) is 27.5 Å². The van der Waals surface area contributed by atoms with Crippen LogP contribution in [0.3, 0.4) is 0 Å². The summed E-state index contributed by atoms with van der Waals surface area (Å²) in [4.78, 5) is 0. The number of benzene rings is 8. The molecule has 0 bridgehead atoms. The number of rotatable bonds is 5. The lowest BCUT2D eigenvalue weighted by molar-refractivity contribution is 0.00578. The van der Waals surface area contributed by atoms with Crippen molar-refractivity contribution >= 4 is 67.8 Å². The van der Waals surface area contributed by atoms with Crippen molar-refractivity contribution in [2.75, 3.05) is 0 Å². The molecule has 1 aliphatic heterocycles. The zero-order valence-electron chi connectivity index (χ0n) is 34.1. The largest absolute Gasteiger partial charge is 0.494 e. The van der Waals surface area contributed by atoms with Crippen LogP contribution in [0.15, 0.2) is 194 Å². The zero-order valence-corrected chi connectivity index (χ0v) is 34.9. The second kappa shape index (κ2) is 16.8. The van der Waals surface area contributed by atoms with Gasteiger partial charge in [0.15, 0.2) is 0 Å². The fourth-order valence-corrected chi connectivity index (χ4v) is 8.63. The first-order valence-electron chi connectivity index (χ1n) is 20.5. The van der Waals surface area contributed by atoms with Gasteiger partial charge in [-0.3, -0.25) is 0 Å². The molecule has 0 atom stereocenters.